The highest BCUT2D eigenvalue weighted by Gasteiger charge is 2.19. The predicted molar refractivity (Wildman–Crippen MR) is 124 cm³/mol. The van der Waals surface area contributed by atoms with Crippen molar-refractivity contribution < 1.29 is 13.9 Å². The zero-order valence-corrected chi connectivity index (χ0v) is 18.4. The molecule has 0 aliphatic carbocycles. The molecule has 5 aromatic rings. The maximum Gasteiger partial charge on any atom is 0.260 e. The molecule has 0 aliphatic heterocycles. The minimum Gasteiger partial charge on any atom is -0.493 e. The quantitative estimate of drug-likeness (QED) is 0.412. The molecule has 0 atom stereocenters. The molecule has 170 valence electrons. The molecule has 1 amide bonds. The van der Waals surface area contributed by atoms with Gasteiger partial charge in [-0.3, -0.25) is 4.79 Å². The largest absolute Gasteiger partial charge is 0.493 e. The standard InChI is InChI=1S/C24H20FN7O2/c1-3-34-20-7-5-4-6-18(20)24(33)29-21-12-15(2)30-32(21)23-19-13-28-31(22(19)26-14-27-23)17-10-8-16(25)9-11-17/h4-14H,3H2,1-2H3,(H,29,33). The van der Waals surface area contributed by atoms with Crippen LogP contribution in [-0.4, -0.2) is 42.0 Å². The van der Waals surface area contributed by atoms with Crippen LogP contribution in [0.15, 0.2) is 67.1 Å². The Morgan fingerprint density at radius 2 is 1.88 bits per heavy atom. The highest BCUT2D eigenvalue weighted by atomic mass is 19.1. The summed E-state index contributed by atoms with van der Waals surface area (Å²) in [6.45, 7) is 4.12. The number of carbonyl (C=O) groups is 1. The smallest absolute Gasteiger partial charge is 0.260 e. The summed E-state index contributed by atoms with van der Waals surface area (Å²) in [5.74, 6) is 0.699. The van der Waals surface area contributed by atoms with Crippen molar-refractivity contribution in [2.75, 3.05) is 11.9 Å². The van der Waals surface area contributed by atoms with Crippen LogP contribution in [-0.2, 0) is 0 Å². The molecule has 0 bridgehead atoms. The van der Waals surface area contributed by atoms with E-state index in [9.17, 15) is 9.18 Å². The van der Waals surface area contributed by atoms with Crippen molar-refractivity contribution in [3.63, 3.8) is 0 Å². The number of ether oxygens (including phenoxy) is 1. The summed E-state index contributed by atoms with van der Waals surface area (Å²) in [5, 5.41) is 12.4. The maximum absolute atomic E-state index is 13.4. The van der Waals surface area contributed by atoms with Gasteiger partial charge in [0.25, 0.3) is 5.91 Å². The summed E-state index contributed by atoms with van der Waals surface area (Å²) in [7, 11) is 0. The fraction of sp³-hybridized carbons (Fsp3) is 0.125. The van der Waals surface area contributed by atoms with Gasteiger partial charge in [-0.2, -0.15) is 14.9 Å². The average molecular weight is 457 g/mol. The fourth-order valence-electron chi connectivity index (χ4n) is 3.64. The molecule has 0 saturated heterocycles. The maximum atomic E-state index is 13.4. The Morgan fingerprint density at radius 3 is 2.68 bits per heavy atom. The monoisotopic (exact) mass is 457 g/mol. The summed E-state index contributed by atoms with van der Waals surface area (Å²) < 4.78 is 22.1. The first kappa shape index (κ1) is 21.3. The van der Waals surface area contributed by atoms with Crippen LogP contribution in [0.5, 0.6) is 5.75 Å². The van der Waals surface area contributed by atoms with E-state index in [0.717, 1.165) is 0 Å². The molecule has 1 N–H and O–H groups in total. The van der Waals surface area contributed by atoms with Gasteiger partial charge in [0.1, 0.15) is 23.7 Å². The summed E-state index contributed by atoms with van der Waals surface area (Å²) in [4.78, 5) is 21.8. The van der Waals surface area contributed by atoms with Gasteiger partial charge in [0.05, 0.1) is 35.1 Å². The van der Waals surface area contributed by atoms with E-state index < -0.39 is 0 Å². The summed E-state index contributed by atoms with van der Waals surface area (Å²) in [6, 6.07) is 14.7. The minimum atomic E-state index is -0.339. The number of nitrogens with one attached hydrogen (secondary N) is 1. The molecule has 0 saturated carbocycles. The lowest BCUT2D eigenvalue weighted by molar-refractivity contribution is 0.102. The zero-order valence-electron chi connectivity index (χ0n) is 18.4. The number of anilines is 1. The second-order valence-corrected chi connectivity index (χ2v) is 7.43. The molecular formula is C24H20FN7O2. The molecule has 0 aliphatic rings. The van der Waals surface area contributed by atoms with E-state index in [0.29, 0.717) is 52.0 Å². The Labute approximate surface area is 193 Å². The fourth-order valence-corrected chi connectivity index (χ4v) is 3.64. The number of hydrogen-bond donors (Lipinski definition) is 1. The molecule has 10 heteroatoms. The first-order chi connectivity index (χ1) is 16.5. The van der Waals surface area contributed by atoms with Gasteiger partial charge in [0, 0.05) is 6.07 Å². The van der Waals surface area contributed by atoms with Crippen LogP contribution in [0.3, 0.4) is 0 Å². The van der Waals surface area contributed by atoms with Gasteiger partial charge in [-0.1, -0.05) is 12.1 Å². The topological polar surface area (TPSA) is 99.8 Å². The average Bonchev–Trinajstić information content (AvgIpc) is 3.43. The van der Waals surface area contributed by atoms with Crippen LogP contribution in [0, 0.1) is 12.7 Å². The Bertz CT molecular complexity index is 1490. The summed E-state index contributed by atoms with van der Waals surface area (Å²) in [5.41, 5.74) is 2.26. The van der Waals surface area contributed by atoms with E-state index in [4.69, 9.17) is 4.74 Å². The molecule has 0 unspecified atom stereocenters. The van der Waals surface area contributed by atoms with Gasteiger partial charge < -0.3 is 10.1 Å². The molecule has 0 radical (unpaired) electrons. The second kappa shape index (κ2) is 8.74. The molecule has 34 heavy (non-hydrogen) atoms. The summed E-state index contributed by atoms with van der Waals surface area (Å²) in [6.07, 6.45) is 3.01. The zero-order chi connectivity index (χ0) is 23.7. The number of halogens is 1. The van der Waals surface area contributed by atoms with Crippen LogP contribution >= 0.6 is 0 Å². The Balaban J connectivity index is 1.54. The number of hydrogen-bond acceptors (Lipinski definition) is 6. The third-order valence-electron chi connectivity index (χ3n) is 5.12. The number of benzene rings is 2. The lowest BCUT2D eigenvalue weighted by atomic mass is 10.2. The minimum absolute atomic E-state index is 0.336. The Kier molecular flexibility index (Phi) is 5.46. The number of rotatable bonds is 6. The molecule has 2 aromatic carbocycles. The van der Waals surface area contributed by atoms with Crippen LogP contribution in [0.4, 0.5) is 10.2 Å². The van der Waals surface area contributed by atoms with Crippen molar-refractivity contribution in [2.24, 2.45) is 0 Å². The lowest BCUT2D eigenvalue weighted by Gasteiger charge is -2.12. The first-order valence-corrected chi connectivity index (χ1v) is 10.6. The van der Waals surface area contributed by atoms with E-state index in [1.807, 2.05) is 19.9 Å². The number of carbonyl (C=O) groups excluding carboxylic acids is 1. The Hall–Kier alpha value is -4.60. The van der Waals surface area contributed by atoms with Gasteiger partial charge >= 0.3 is 0 Å². The number of nitrogens with zero attached hydrogens (tertiary/aromatic N) is 6. The summed E-state index contributed by atoms with van der Waals surface area (Å²) >= 11 is 0. The van der Waals surface area contributed by atoms with Crippen LogP contribution in [0.25, 0.3) is 22.5 Å². The van der Waals surface area contributed by atoms with Crippen molar-refractivity contribution >= 4 is 22.8 Å². The van der Waals surface area contributed by atoms with Gasteiger partial charge in [-0.05, 0) is 50.2 Å². The van der Waals surface area contributed by atoms with Crippen molar-refractivity contribution in [1.82, 2.24) is 29.5 Å². The third kappa shape index (κ3) is 3.85. The van der Waals surface area contributed by atoms with Gasteiger partial charge in [0.2, 0.25) is 0 Å². The molecule has 3 aromatic heterocycles. The normalized spacial score (nSPS) is 11.0. The van der Waals surface area contributed by atoms with Crippen molar-refractivity contribution in [1.29, 1.82) is 0 Å². The van der Waals surface area contributed by atoms with Gasteiger partial charge in [-0.25, -0.2) is 19.0 Å². The van der Waals surface area contributed by atoms with Gasteiger partial charge in [0.15, 0.2) is 11.5 Å². The SMILES string of the molecule is CCOc1ccccc1C(=O)Nc1cc(C)nn1-c1ncnc2c1cnn2-c1ccc(F)cc1. The Morgan fingerprint density at radius 1 is 1.09 bits per heavy atom. The van der Waals surface area contributed by atoms with Crippen molar-refractivity contribution in [3.8, 4) is 17.3 Å². The second-order valence-electron chi connectivity index (χ2n) is 7.43. The van der Waals surface area contributed by atoms with Crippen LogP contribution < -0.4 is 10.1 Å². The number of amides is 1. The van der Waals surface area contributed by atoms with Crippen LogP contribution in [0.1, 0.15) is 23.0 Å². The number of fused-ring (bicyclic) bond motifs is 1. The molecular weight excluding hydrogens is 437 g/mol. The van der Waals surface area contributed by atoms with E-state index in [2.05, 4.69) is 25.5 Å². The van der Waals surface area contributed by atoms with E-state index in [1.54, 1.807) is 47.3 Å². The van der Waals surface area contributed by atoms with Crippen LogP contribution in [0.2, 0.25) is 0 Å². The van der Waals surface area contributed by atoms with Crippen molar-refractivity contribution in [3.05, 3.63) is 84.2 Å². The lowest BCUT2D eigenvalue weighted by Crippen LogP contribution is -2.17. The van der Waals surface area contributed by atoms with E-state index in [1.165, 1.54) is 23.1 Å². The first-order valence-electron chi connectivity index (χ1n) is 10.6. The van der Waals surface area contributed by atoms with E-state index >= 15 is 0 Å². The molecule has 9 nitrogen and oxygen atoms in total. The van der Waals surface area contributed by atoms with Gasteiger partial charge in [-0.15, -0.1) is 0 Å². The highest BCUT2D eigenvalue weighted by Crippen LogP contribution is 2.25. The van der Waals surface area contributed by atoms with E-state index in [-0.39, 0.29) is 11.7 Å². The highest BCUT2D eigenvalue weighted by molar-refractivity contribution is 6.06. The molecule has 5 rings (SSSR count). The van der Waals surface area contributed by atoms with Crippen molar-refractivity contribution in [2.45, 2.75) is 13.8 Å². The third-order valence-corrected chi connectivity index (χ3v) is 5.12. The number of para-hydroxylation sites is 1. The molecule has 0 spiro atoms. The molecule has 0 fully saturated rings. The number of aromatic nitrogens is 6. The molecule has 3 heterocycles. The predicted octanol–water partition coefficient (Wildman–Crippen LogP) is 4.10. The number of aryl methyl sites for hydroxylation is 1.